The summed E-state index contributed by atoms with van der Waals surface area (Å²) in [5.41, 5.74) is 0. The fourth-order valence-electron chi connectivity index (χ4n) is 1.75. The van der Waals surface area contributed by atoms with Crippen LogP contribution in [0.15, 0.2) is 18.5 Å². The van der Waals surface area contributed by atoms with E-state index in [-0.39, 0.29) is 6.04 Å². The second-order valence-corrected chi connectivity index (χ2v) is 4.64. The van der Waals surface area contributed by atoms with E-state index in [2.05, 4.69) is 30.7 Å². The van der Waals surface area contributed by atoms with Gasteiger partial charge in [0.15, 0.2) is 0 Å². The monoisotopic (exact) mass is 291 g/mol. The lowest BCUT2D eigenvalue weighted by molar-refractivity contribution is 0.292. The van der Waals surface area contributed by atoms with Crippen molar-refractivity contribution in [1.29, 1.82) is 0 Å². The number of hydrogen-bond donors (Lipinski definition) is 2. The van der Waals surface area contributed by atoms with Crippen LogP contribution in [0.25, 0.3) is 0 Å². The van der Waals surface area contributed by atoms with Crippen LogP contribution in [0.3, 0.4) is 0 Å². The fourth-order valence-corrected chi connectivity index (χ4v) is 1.75. The molecule has 0 amide bonds. The minimum atomic E-state index is 0.121. The molecule has 2 aromatic heterocycles. The Hall–Kier alpha value is -2.38. The minimum absolute atomic E-state index is 0.121. The topological polar surface area (TPSA) is 89.8 Å². The van der Waals surface area contributed by atoms with E-state index in [1.54, 1.807) is 13.2 Å². The zero-order chi connectivity index (χ0) is 15.1. The first-order valence-electron chi connectivity index (χ1n) is 7.02. The maximum absolute atomic E-state index is 5.47. The van der Waals surface area contributed by atoms with Crippen LogP contribution >= 0.6 is 0 Å². The molecule has 2 aromatic rings. The van der Waals surface area contributed by atoms with Crippen LogP contribution in [-0.2, 0) is 6.54 Å². The van der Waals surface area contributed by atoms with Gasteiger partial charge in [0, 0.05) is 25.5 Å². The molecule has 0 aliphatic heterocycles. The SMILES string of the molecule is CCCOc1nc(NC)nc(NC(C)Cn2cccn2)n1. The summed E-state index contributed by atoms with van der Waals surface area (Å²) in [5, 5.41) is 10.3. The van der Waals surface area contributed by atoms with Crippen LogP contribution in [0.1, 0.15) is 20.3 Å². The Morgan fingerprint density at radius 1 is 1.29 bits per heavy atom. The first-order chi connectivity index (χ1) is 10.2. The van der Waals surface area contributed by atoms with Gasteiger partial charge >= 0.3 is 6.01 Å². The molecule has 8 heteroatoms. The van der Waals surface area contributed by atoms with Crippen molar-refractivity contribution in [2.24, 2.45) is 0 Å². The van der Waals surface area contributed by atoms with Crippen molar-refractivity contribution in [3.8, 4) is 6.01 Å². The van der Waals surface area contributed by atoms with E-state index in [9.17, 15) is 0 Å². The highest BCUT2D eigenvalue weighted by molar-refractivity contribution is 5.35. The Morgan fingerprint density at radius 2 is 2.10 bits per heavy atom. The fraction of sp³-hybridized carbons (Fsp3) is 0.538. The predicted octanol–water partition coefficient (Wildman–Crippen LogP) is 1.40. The van der Waals surface area contributed by atoms with Crippen LogP contribution < -0.4 is 15.4 Å². The highest BCUT2D eigenvalue weighted by Crippen LogP contribution is 2.12. The van der Waals surface area contributed by atoms with Gasteiger partial charge in [-0.05, 0) is 19.4 Å². The largest absolute Gasteiger partial charge is 0.463 e. The highest BCUT2D eigenvalue weighted by atomic mass is 16.5. The van der Waals surface area contributed by atoms with Gasteiger partial charge in [-0.2, -0.15) is 20.1 Å². The molecule has 0 saturated carbocycles. The maximum atomic E-state index is 5.47. The summed E-state index contributed by atoms with van der Waals surface area (Å²) in [6, 6.07) is 2.34. The molecule has 2 N–H and O–H groups in total. The summed E-state index contributed by atoms with van der Waals surface area (Å²) in [5.74, 6) is 0.963. The molecule has 0 radical (unpaired) electrons. The average Bonchev–Trinajstić information content (AvgIpc) is 2.97. The smallest absolute Gasteiger partial charge is 0.323 e. The maximum Gasteiger partial charge on any atom is 0.323 e. The molecule has 0 fully saturated rings. The van der Waals surface area contributed by atoms with Crippen LogP contribution in [0.4, 0.5) is 11.9 Å². The van der Waals surface area contributed by atoms with Crippen molar-refractivity contribution in [3.05, 3.63) is 18.5 Å². The second-order valence-electron chi connectivity index (χ2n) is 4.64. The molecule has 0 aromatic carbocycles. The molecule has 2 heterocycles. The van der Waals surface area contributed by atoms with Gasteiger partial charge in [0.05, 0.1) is 13.2 Å². The third-order valence-electron chi connectivity index (χ3n) is 2.67. The van der Waals surface area contributed by atoms with Crippen molar-refractivity contribution in [2.45, 2.75) is 32.9 Å². The zero-order valence-corrected chi connectivity index (χ0v) is 12.6. The van der Waals surface area contributed by atoms with Gasteiger partial charge in [-0.15, -0.1) is 0 Å². The summed E-state index contributed by atoms with van der Waals surface area (Å²) in [7, 11) is 1.76. The van der Waals surface area contributed by atoms with E-state index in [4.69, 9.17) is 4.74 Å². The number of nitrogens with one attached hydrogen (secondary N) is 2. The number of rotatable bonds is 8. The molecule has 0 saturated heterocycles. The molecule has 1 unspecified atom stereocenters. The molecule has 21 heavy (non-hydrogen) atoms. The zero-order valence-electron chi connectivity index (χ0n) is 12.6. The van der Waals surface area contributed by atoms with Gasteiger partial charge in [0.25, 0.3) is 0 Å². The van der Waals surface area contributed by atoms with E-state index < -0.39 is 0 Å². The molecule has 0 aliphatic carbocycles. The lowest BCUT2D eigenvalue weighted by Gasteiger charge is -2.15. The second kappa shape index (κ2) is 7.41. The number of nitrogens with zero attached hydrogens (tertiary/aromatic N) is 5. The van der Waals surface area contributed by atoms with Gasteiger partial charge in [0.2, 0.25) is 11.9 Å². The molecule has 8 nitrogen and oxygen atoms in total. The van der Waals surface area contributed by atoms with E-state index in [0.717, 1.165) is 13.0 Å². The minimum Gasteiger partial charge on any atom is -0.463 e. The van der Waals surface area contributed by atoms with E-state index in [1.165, 1.54) is 0 Å². The van der Waals surface area contributed by atoms with Crippen LogP contribution in [0.2, 0.25) is 0 Å². The molecule has 2 rings (SSSR count). The number of anilines is 2. The molecular formula is C13H21N7O. The third-order valence-corrected chi connectivity index (χ3v) is 2.67. The summed E-state index contributed by atoms with van der Waals surface area (Å²) in [4.78, 5) is 12.7. The Morgan fingerprint density at radius 3 is 2.76 bits per heavy atom. The lowest BCUT2D eigenvalue weighted by atomic mass is 10.3. The van der Waals surface area contributed by atoms with Gasteiger partial charge < -0.3 is 15.4 Å². The van der Waals surface area contributed by atoms with Gasteiger partial charge in [-0.25, -0.2) is 0 Å². The molecule has 0 bridgehead atoms. The molecule has 1 atom stereocenters. The Kier molecular flexibility index (Phi) is 5.30. The van der Waals surface area contributed by atoms with Crippen molar-refractivity contribution < 1.29 is 4.74 Å². The van der Waals surface area contributed by atoms with Crippen molar-refractivity contribution in [3.63, 3.8) is 0 Å². The first-order valence-corrected chi connectivity index (χ1v) is 7.02. The molecule has 114 valence electrons. The van der Waals surface area contributed by atoms with Gasteiger partial charge in [0.1, 0.15) is 0 Å². The van der Waals surface area contributed by atoms with Crippen molar-refractivity contribution in [1.82, 2.24) is 24.7 Å². The quantitative estimate of drug-likeness (QED) is 0.759. The standard InChI is InChI=1S/C13H21N7O/c1-4-8-21-13-18-11(14-3)17-12(19-13)16-10(2)9-20-7-5-6-15-20/h5-7,10H,4,8-9H2,1-3H3,(H2,14,16,17,18,19). The van der Waals surface area contributed by atoms with Crippen LogP contribution in [0, 0.1) is 0 Å². The average molecular weight is 291 g/mol. The first kappa shape index (κ1) is 15.0. The number of hydrogen-bond acceptors (Lipinski definition) is 7. The molecular weight excluding hydrogens is 270 g/mol. The van der Waals surface area contributed by atoms with Crippen LogP contribution in [-0.4, -0.2) is 44.4 Å². The summed E-state index contributed by atoms with van der Waals surface area (Å²) in [6.07, 6.45) is 4.57. The van der Waals surface area contributed by atoms with Crippen molar-refractivity contribution >= 4 is 11.9 Å². The van der Waals surface area contributed by atoms with Gasteiger partial charge in [-0.3, -0.25) is 4.68 Å². The number of aromatic nitrogens is 5. The normalized spacial score (nSPS) is 12.0. The highest BCUT2D eigenvalue weighted by Gasteiger charge is 2.10. The Labute approximate surface area is 124 Å². The van der Waals surface area contributed by atoms with E-state index >= 15 is 0 Å². The molecule has 0 aliphatic rings. The van der Waals surface area contributed by atoms with Crippen molar-refractivity contribution in [2.75, 3.05) is 24.3 Å². The summed E-state index contributed by atoms with van der Waals surface area (Å²) in [6.45, 7) is 5.37. The summed E-state index contributed by atoms with van der Waals surface area (Å²) < 4.78 is 7.32. The number of ether oxygens (including phenoxy) is 1. The molecule has 0 spiro atoms. The Bertz CT molecular complexity index is 543. The summed E-state index contributed by atoms with van der Waals surface area (Å²) >= 11 is 0. The van der Waals surface area contributed by atoms with E-state index in [0.29, 0.717) is 24.5 Å². The predicted molar refractivity (Wildman–Crippen MR) is 80.5 cm³/mol. The van der Waals surface area contributed by atoms with Gasteiger partial charge in [-0.1, -0.05) is 6.92 Å². The lowest BCUT2D eigenvalue weighted by Crippen LogP contribution is -2.24. The van der Waals surface area contributed by atoms with E-state index in [1.807, 2.05) is 30.8 Å². The Balaban J connectivity index is 2.03. The van der Waals surface area contributed by atoms with Crippen LogP contribution in [0.5, 0.6) is 6.01 Å². The third kappa shape index (κ3) is 4.59.